The third kappa shape index (κ3) is 3.43. The van der Waals surface area contributed by atoms with Crippen LogP contribution in [-0.4, -0.2) is 18.2 Å². The van der Waals surface area contributed by atoms with Gasteiger partial charge in [-0.2, -0.15) is 0 Å². The van der Waals surface area contributed by atoms with Crippen LogP contribution in [0.1, 0.15) is 33.3 Å². The Balaban J connectivity index is 1.97. The van der Waals surface area contributed by atoms with Crippen LogP contribution in [-0.2, 0) is 0 Å². The Kier molecular flexibility index (Phi) is 4.72. The summed E-state index contributed by atoms with van der Waals surface area (Å²) in [6, 6.07) is 11.2. The number of carbonyl (C=O) groups excluding carboxylic acids is 1. The molecule has 0 aromatic heterocycles. The van der Waals surface area contributed by atoms with Crippen LogP contribution in [0.15, 0.2) is 48.5 Å². The van der Waals surface area contributed by atoms with Crippen LogP contribution in [0.3, 0.4) is 0 Å². The molecule has 26 heavy (non-hydrogen) atoms. The lowest BCUT2D eigenvalue weighted by atomic mass is 9.89. The summed E-state index contributed by atoms with van der Waals surface area (Å²) >= 11 is 0. The van der Waals surface area contributed by atoms with Crippen molar-refractivity contribution in [2.24, 2.45) is 0 Å². The van der Waals surface area contributed by atoms with E-state index in [0.717, 1.165) is 22.6 Å². The topological polar surface area (TPSA) is 41.6 Å². The third-order valence-corrected chi connectivity index (χ3v) is 4.39. The number of halogens is 1. The highest BCUT2D eigenvalue weighted by atomic mass is 19.1. The highest BCUT2D eigenvalue weighted by Gasteiger charge is 2.36. The number of urea groups is 1. The molecule has 0 saturated carbocycles. The van der Waals surface area contributed by atoms with Gasteiger partial charge in [0, 0.05) is 11.3 Å². The first-order chi connectivity index (χ1) is 12.3. The predicted octanol–water partition coefficient (Wildman–Crippen LogP) is 5.46. The van der Waals surface area contributed by atoms with Gasteiger partial charge in [0.2, 0.25) is 0 Å². The average Bonchev–Trinajstić information content (AvgIpc) is 2.57. The van der Waals surface area contributed by atoms with E-state index in [1.165, 1.54) is 12.1 Å². The minimum absolute atomic E-state index is 0.268. The van der Waals surface area contributed by atoms with E-state index < -0.39 is 5.54 Å². The van der Waals surface area contributed by atoms with Crippen molar-refractivity contribution < 1.29 is 13.9 Å². The van der Waals surface area contributed by atoms with E-state index in [9.17, 15) is 9.18 Å². The van der Waals surface area contributed by atoms with Gasteiger partial charge < -0.3 is 10.1 Å². The summed E-state index contributed by atoms with van der Waals surface area (Å²) in [6.07, 6.45) is 2.06. The number of nitrogens with one attached hydrogen (secondary N) is 1. The van der Waals surface area contributed by atoms with Crippen LogP contribution >= 0.6 is 0 Å². The van der Waals surface area contributed by atoms with Crippen molar-refractivity contribution >= 4 is 23.0 Å². The molecule has 0 saturated heterocycles. The summed E-state index contributed by atoms with van der Waals surface area (Å²) in [5.41, 5.74) is 2.92. The van der Waals surface area contributed by atoms with Crippen molar-refractivity contribution in [3.63, 3.8) is 0 Å². The standard InChI is InChI=1S/C21H23FN2O2/c1-5-26-17-10-11-19-18(12-17)14(2)13-21(3,4)24(19)20(25)23-16-8-6-15(22)7-9-16/h6-13H,5H2,1-4H3,(H,23,25). The van der Waals surface area contributed by atoms with Crippen LogP contribution < -0.4 is 15.0 Å². The second-order valence-corrected chi connectivity index (χ2v) is 6.87. The molecular formula is C21H23FN2O2. The van der Waals surface area contributed by atoms with Gasteiger partial charge in [-0.3, -0.25) is 4.90 Å². The van der Waals surface area contributed by atoms with Crippen molar-refractivity contribution in [2.45, 2.75) is 33.2 Å². The molecule has 1 N–H and O–H groups in total. The van der Waals surface area contributed by atoms with Gasteiger partial charge in [-0.25, -0.2) is 9.18 Å². The van der Waals surface area contributed by atoms with Crippen molar-refractivity contribution in [3.8, 4) is 5.75 Å². The van der Waals surface area contributed by atoms with Crippen LogP contribution in [0.2, 0.25) is 0 Å². The van der Waals surface area contributed by atoms with E-state index >= 15 is 0 Å². The molecule has 136 valence electrons. The number of allylic oxidation sites excluding steroid dienone is 1. The first-order valence-corrected chi connectivity index (χ1v) is 8.65. The van der Waals surface area contributed by atoms with Crippen molar-refractivity contribution in [2.75, 3.05) is 16.8 Å². The number of ether oxygens (including phenoxy) is 1. The van der Waals surface area contributed by atoms with Crippen LogP contribution in [0.5, 0.6) is 5.75 Å². The highest BCUT2D eigenvalue weighted by molar-refractivity contribution is 6.06. The van der Waals surface area contributed by atoms with Crippen molar-refractivity contribution in [1.29, 1.82) is 0 Å². The minimum atomic E-state index is -0.506. The van der Waals surface area contributed by atoms with Gasteiger partial charge in [-0.15, -0.1) is 0 Å². The molecule has 2 amide bonds. The number of fused-ring (bicyclic) bond motifs is 1. The summed E-state index contributed by atoms with van der Waals surface area (Å²) in [7, 11) is 0. The zero-order chi connectivity index (χ0) is 18.9. The lowest BCUT2D eigenvalue weighted by Crippen LogP contribution is -2.50. The SMILES string of the molecule is CCOc1ccc2c(c1)C(C)=CC(C)(C)N2C(=O)Nc1ccc(F)cc1. The number of carbonyl (C=O) groups is 1. The number of anilines is 2. The van der Waals surface area contributed by atoms with Crippen LogP contribution in [0.25, 0.3) is 5.57 Å². The van der Waals surface area contributed by atoms with Crippen LogP contribution in [0, 0.1) is 5.82 Å². The number of rotatable bonds is 3. The van der Waals surface area contributed by atoms with Crippen molar-refractivity contribution in [3.05, 3.63) is 59.9 Å². The maximum absolute atomic E-state index is 13.1. The first kappa shape index (κ1) is 18.0. The van der Waals surface area contributed by atoms with Gasteiger partial charge in [0.25, 0.3) is 0 Å². The number of benzene rings is 2. The number of hydrogen-bond donors (Lipinski definition) is 1. The Bertz CT molecular complexity index is 857. The second-order valence-electron chi connectivity index (χ2n) is 6.87. The second kappa shape index (κ2) is 6.83. The van der Waals surface area contributed by atoms with Gasteiger partial charge in [0.1, 0.15) is 11.6 Å². The Morgan fingerprint density at radius 2 is 1.88 bits per heavy atom. The summed E-state index contributed by atoms with van der Waals surface area (Å²) in [5.74, 6) is 0.436. The fourth-order valence-corrected chi connectivity index (χ4v) is 3.35. The molecule has 0 aliphatic carbocycles. The van der Waals surface area contributed by atoms with E-state index in [4.69, 9.17) is 4.74 Å². The first-order valence-electron chi connectivity index (χ1n) is 8.65. The van der Waals surface area contributed by atoms with Gasteiger partial charge in [0.15, 0.2) is 0 Å². The fraction of sp³-hybridized carbons (Fsp3) is 0.286. The molecule has 3 rings (SSSR count). The molecule has 5 heteroatoms. The van der Waals surface area contributed by atoms with Crippen molar-refractivity contribution in [1.82, 2.24) is 0 Å². The number of amides is 2. The molecule has 0 bridgehead atoms. The lowest BCUT2D eigenvalue weighted by molar-refractivity contribution is 0.253. The molecule has 1 aliphatic heterocycles. The van der Waals surface area contributed by atoms with Gasteiger partial charge in [-0.05, 0) is 75.7 Å². The zero-order valence-electron chi connectivity index (χ0n) is 15.5. The average molecular weight is 354 g/mol. The molecule has 4 nitrogen and oxygen atoms in total. The Morgan fingerprint density at radius 1 is 1.19 bits per heavy atom. The molecule has 2 aromatic carbocycles. The maximum atomic E-state index is 13.1. The molecule has 0 fully saturated rings. The Morgan fingerprint density at radius 3 is 2.54 bits per heavy atom. The Hall–Kier alpha value is -2.82. The number of nitrogens with zero attached hydrogens (tertiary/aromatic N) is 1. The summed E-state index contributed by atoms with van der Waals surface area (Å²) in [6.45, 7) is 8.53. The zero-order valence-corrected chi connectivity index (χ0v) is 15.5. The molecule has 1 heterocycles. The third-order valence-electron chi connectivity index (χ3n) is 4.39. The Labute approximate surface area is 153 Å². The molecule has 0 radical (unpaired) electrons. The highest BCUT2D eigenvalue weighted by Crippen LogP contribution is 2.40. The number of hydrogen-bond acceptors (Lipinski definition) is 2. The van der Waals surface area contributed by atoms with E-state index in [2.05, 4.69) is 11.4 Å². The van der Waals surface area contributed by atoms with E-state index in [-0.39, 0.29) is 11.8 Å². The predicted molar refractivity (Wildman–Crippen MR) is 103 cm³/mol. The summed E-state index contributed by atoms with van der Waals surface area (Å²) in [4.78, 5) is 14.7. The largest absolute Gasteiger partial charge is 0.494 e. The van der Waals surface area contributed by atoms with E-state index in [1.54, 1.807) is 17.0 Å². The van der Waals surface area contributed by atoms with Crippen LogP contribution in [0.4, 0.5) is 20.6 Å². The molecule has 0 unspecified atom stereocenters. The summed E-state index contributed by atoms with van der Waals surface area (Å²) < 4.78 is 18.7. The van der Waals surface area contributed by atoms with E-state index in [1.807, 2.05) is 45.9 Å². The lowest BCUT2D eigenvalue weighted by Gasteiger charge is -2.41. The monoisotopic (exact) mass is 354 g/mol. The molecular weight excluding hydrogens is 331 g/mol. The molecule has 0 atom stereocenters. The fourth-order valence-electron chi connectivity index (χ4n) is 3.35. The maximum Gasteiger partial charge on any atom is 0.327 e. The molecule has 1 aliphatic rings. The smallest absolute Gasteiger partial charge is 0.327 e. The molecule has 2 aromatic rings. The quantitative estimate of drug-likeness (QED) is 0.795. The van der Waals surface area contributed by atoms with Gasteiger partial charge in [-0.1, -0.05) is 6.08 Å². The minimum Gasteiger partial charge on any atom is -0.494 e. The molecule has 0 spiro atoms. The summed E-state index contributed by atoms with van der Waals surface area (Å²) in [5, 5.41) is 2.85. The van der Waals surface area contributed by atoms with Gasteiger partial charge in [0.05, 0.1) is 17.8 Å². The van der Waals surface area contributed by atoms with Gasteiger partial charge >= 0.3 is 6.03 Å². The normalized spacial score (nSPS) is 15.1. The van der Waals surface area contributed by atoms with E-state index in [0.29, 0.717) is 12.3 Å².